The zero-order valence-corrected chi connectivity index (χ0v) is 12.4. The fourth-order valence-corrected chi connectivity index (χ4v) is 2.92. The normalized spacial score (nSPS) is 17.2. The largest absolute Gasteiger partial charge is 0.480 e. The average Bonchev–Trinajstić information content (AvgIpc) is 2.48. The number of hydrogen-bond acceptors (Lipinski definition) is 3. The lowest BCUT2D eigenvalue weighted by Crippen LogP contribution is -2.46. The summed E-state index contributed by atoms with van der Waals surface area (Å²) in [4.78, 5) is 23.6. The number of benzene rings is 1. The molecule has 0 aromatic heterocycles. The SMILES string of the molecule is Nc1ccc(C(=O)NC(C(=O)O)C2CCCCC2)cc1Cl. The monoisotopic (exact) mass is 310 g/mol. The molecule has 1 aromatic carbocycles. The van der Waals surface area contributed by atoms with Crippen LogP contribution in [0, 0.1) is 5.92 Å². The summed E-state index contributed by atoms with van der Waals surface area (Å²) in [6, 6.07) is 3.67. The van der Waals surface area contributed by atoms with Crippen molar-refractivity contribution < 1.29 is 14.7 Å². The predicted octanol–water partition coefficient (Wildman–Crippen LogP) is 2.69. The zero-order valence-electron chi connectivity index (χ0n) is 11.6. The van der Waals surface area contributed by atoms with E-state index in [4.69, 9.17) is 17.3 Å². The third-order valence-corrected chi connectivity index (χ3v) is 4.26. The first-order valence-corrected chi connectivity index (χ1v) is 7.45. The molecule has 0 spiro atoms. The molecule has 0 saturated heterocycles. The van der Waals surface area contributed by atoms with E-state index in [1.165, 1.54) is 18.2 Å². The molecule has 1 amide bonds. The third-order valence-electron chi connectivity index (χ3n) is 3.94. The number of halogens is 1. The van der Waals surface area contributed by atoms with Crippen LogP contribution in [0.4, 0.5) is 5.69 Å². The third kappa shape index (κ3) is 3.88. The second-order valence-corrected chi connectivity index (χ2v) is 5.83. The van der Waals surface area contributed by atoms with Crippen LogP contribution in [0.1, 0.15) is 42.5 Å². The van der Waals surface area contributed by atoms with E-state index in [-0.39, 0.29) is 10.9 Å². The van der Waals surface area contributed by atoms with Gasteiger partial charge in [-0.15, -0.1) is 0 Å². The molecule has 21 heavy (non-hydrogen) atoms. The number of amides is 1. The van der Waals surface area contributed by atoms with Crippen molar-refractivity contribution in [2.75, 3.05) is 5.73 Å². The van der Waals surface area contributed by atoms with Gasteiger partial charge in [-0.2, -0.15) is 0 Å². The van der Waals surface area contributed by atoms with E-state index in [9.17, 15) is 14.7 Å². The van der Waals surface area contributed by atoms with Crippen LogP contribution < -0.4 is 11.1 Å². The minimum absolute atomic E-state index is 0.00977. The molecule has 1 aliphatic carbocycles. The fraction of sp³-hybridized carbons (Fsp3) is 0.467. The summed E-state index contributed by atoms with van der Waals surface area (Å²) in [6.45, 7) is 0. The number of nitrogens with two attached hydrogens (primary N) is 1. The molecule has 1 unspecified atom stereocenters. The minimum Gasteiger partial charge on any atom is -0.480 e. The predicted molar refractivity (Wildman–Crippen MR) is 81.3 cm³/mol. The first kappa shape index (κ1) is 15.6. The van der Waals surface area contributed by atoms with E-state index in [0.717, 1.165) is 32.1 Å². The standard InChI is InChI=1S/C15H19ClN2O3/c16-11-8-10(6-7-12(11)17)14(19)18-13(15(20)21)9-4-2-1-3-5-9/h6-9,13H,1-5,17H2,(H,18,19)(H,20,21). The molecule has 1 fully saturated rings. The molecule has 6 heteroatoms. The van der Waals surface area contributed by atoms with E-state index >= 15 is 0 Å². The van der Waals surface area contributed by atoms with Crippen molar-refractivity contribution in [3.05, 3.63) is 28.8 Å². The molecule has 1 atom stereocenters. The number of nitrogen functional groups attached to an aromatic ring is 1. The van der Waals surface area contributed by atoms with Crippen LogP contribution in [0.25, 0.3) is 0 Å². The summed E-state index contributed by atoms with van der Waals surface area (Å²) < 4.78 is 0. The van der Waals surface area contributed by atoms with Gasteiger partial charge in [0, 0.05) is 5.56 Å². The highest BCUT2D eigenvalue weighted by molar-refractivity contribution is 6.33. The number of hydrogen-bond donors (Lipinski definition) is 3. The molecule has 1 saturated carbocycles. The molecule has 4 N–H and O–H groups in total. The molecule has 0 heterocycles. The number of anilines is 1. The van der Waals surface area contributed by atoms with Gasteiger partial charge in [-0.3, -0.25) is 4.79 Å². The van der Waals surface area contributed by atoms with Crippen LogP contribution in [-0.2, 0) is 4.79 Å². The van der Waals surface area contributed by atoms with Crippen molar-refractivity contribution in [1.82, 2.24) is 5.32 Å². The van der Waals surface area contributed by atoms with Crippen LogP contribution >= 0.6 is 11.6 Å². The van der Waals surface area contributed by atoms with Crippen molar-refractivity contribution in [1.29, 1.82) is 0 Å². The van der Waals surface area contributed by atoms with Gasteiger partial charge in [0.15, 0.2) is 0 Å². The number of carbonyl (C=O) groups is 2. The number of carboxylic acids is 1. The number of rotatable bonds is 4. The molecule has 114 valence electrons. The van der Waals surface area contributed by atoms with Crippen molar-refractivity contribution >= 4 is 29.2 Å². The van der Waals surface area contributed by atoms with E-state index in [2.05, 4.69) is 5.32 Å². The molecule has 0 aliphatic heterocycles. The Morgan fingerprint density at radius 1 is 1.29 bits per heavy atom. The van der Waals surface area contributed by atoms with Gasteiger partial charge in [-0.25, -0.2) is 4.79 Å². The highest BCUT2D eigenvalue weighted by atomic mass is 35.5. The number of aliphatic carboxylic acids is 1. The quantitative estimate of drug-likeness (QED) is 0.745. The topological polar surface area (TPSA) is 92.4 Å². The number of carbonyl (C=O) groups excluding carboxylic acids is 1. The van der Waals surface area contributed by atoms with Crippen molar-refractivity contribution in [3.8, 4) is 0 Å². The van der Waals surface area contributed by atoms with E-state index in [0.29, 0.717) is 11.3 Å². The molecular weight excluding hydrogens is 292 g/mol. The molecule has 2 rings (SSSR count). The molecule has 0 radical (unpaired) electrons. The minimum atomic E-state index is -0.989. The van der Waals surface area contributed by atoms with E-state index < -0.39 is 17.9 Å². The van der Waals surface area contributed by atoms with Gasteiger partial charge < -0.3 is 16.2 Å². The molecule has 5 nitrogen and oxygen atoms in total. The van der Waals surface area contributed by atoms with Crippen LogP contribution in [0.15, 0.2) is 18.2 Å². The van der Waals surface area contributed by atoms with Crippen LogP contribution in [0.2, 0.25) is 5.02 Å². The smallest absolute Gasteiger partial charge is 0.326 e. The lowest BCUT2D eigenvalue weighted by atomic mass is 9.84. The van der Waals surface area contributed by atoms with E-state index in [1.807, 2.05) is 0 Å². The van der Waals surface area contributed by atoms with Crippen LogP contribution in [0.5, 0.6) is 0 Å². The Hall–Kier alpha value is -1.75. The Morgan fingerprint density at radius 3 is 2.52 bits per heavy atom. The Morgan fingerprint density at radius 2 is 1.95 bits per heavy atom. The van der Waals surface area contributed by atoms with Gasteiger partial charge in [0.05, 0.1) is 10.7 Å². The maximum Gasteiger partial charge on any atom is 0.326 e. The van der Waals surface area contributed by atoms with Gasteiger partial charge in [0.1, 0.15) is 6.04 Å². The maximum atomic E-state index is 12.2. The highest BCUT2D eigenvalue weighted by Crippen LogP contribution is 2.27. The van der Waals surface area contributed by atoms with E-state index in [1.54, 1.807) is 0 Å². The summed E-state index contributed by atoms with van der Waals surface area (Å²) in [6.07, 6.45) is 4.82. The van der Waals surface area contributed by atoms with Gasteiger partial charge in [0.25, 0.3) is 5.91 Å². The molecule has 0 bridgehead atoms. The summed E-state index contributed by atoms with van der Waals surface area (Å²) in [5.74, 6) is -1.43. The molecular formula is C15H19ClN2O3. The van der Waals surface area contributed by atoms with Gasteiger partial charge >= 0.3 is 5.97 Å². The lowest BCUT2D eigenvalue weighted by Gasteiger charge is -2.28. The van der Waals surface area contributed by atoms with Crippen molar-refractivity contribution in [2.24, 2.45) is 5.92 Å². The van der Waals surface area contributed by atoms with Crippen molar-refractivity contribution in [3.63, 3.8) is 0 Å². The molecule has 1 aromatic rings. The Kier molecular flexibility index (Phi) is 5.07. The second-order valence-electron chi connectivity index (χ2n) is 5.42. The van der Waals surface area contributed by atoms with Gasteiger partial charge in [0.2, 0.25) is 0 Å². The van der Waals surface area contributed by atoms with Gasteiger partial charge in [-0.05, 0) is 37.0 Å². The Labute approximate surface area is 128 Å². The Bertz CT molecular complexity index is 542. The van der Waals surface area contributed by atoms with Crippen molar-refractivity contribution in [2.45, 2.75) is 38.1 Å². The summed E-state index contributed by atoms with van der Waals surface area (Å²) >= 11 is 5.88. The fourth-order valence-electron chi connectivity index (χ4n) is 2.74. The number of nitrogens with one attached hydrogen (secondary N) is 1. The first-order chi connectivity index (χ1) is 9.99. The van der Waals surface area contributed by atoms with Crippen LogP contribution in [-0.4, -0.2) is 23.0 Å². The molecule has 1 aliphatic rings. The first-order valence-electron chi connectivity index (χ1n) is 7.07. The summed E-state index contributed by atoms with van der Waals surface area (Å²) in [7, 11) is 0. The lowest BCUT2D eigenvalue weighted by molar-refractivity contribution is -0.141. The summed E-state index contributed by atoms with van der Waals surface area (Å²) in [5, 5.41) is 12.3. The zero-order chi connectivity index (χ0) is 15.4. The highest BCUT2D eigenvalue weighted by Gasteiger charge is 2.30. The Balaban J connectivity index is 2.10. The second kappa shape index (κ2) is 6.80. The number of carboxylic acid groups (broad SMARTS) is 1. The van der Waals surface area contributed by atoms with Gasteiger partial charge in [-0.1, -0.05) is 30.9 Å². The maximum absolute atomic E-state index is 12.2. The average molecular weight is 311 g/mol. The van der Waals surface area contributed by atoms with Crippen LogP contribution in [0.3, 0.4) is 0 Å². The summed E-state index contributed by atoms with van der Waals surface area (Å²) in [5.41, 5.74) is 6.30.